The normalized spacial score (nSPS) is 11.5. The number of benzene rings is 2. The van der Waals surface area contributed by atoms with Crippen LogP contribution in [0.1, 0.15) is 25.0 Å². The van der Waals surface area contributed by atoms with Crippen LogP contribution >= 0.6 is 15.9 Å². The molecule has 4 aromatic rings. The first-order valence-electron chi connectivity index (χ1n) is 10.3. The maximum atomic E-state index is 12.5. The van der Waals surface area contributed by atoms with Gasteiger partial charge in [0.15, 0.2) is 0 Å². The highest BCUT2D eigenvalue weighted by molar-refractivity contribution is 9.10. The molecule has 5 nitrogen and oxygen atoms in total. The third kappa shape index (κ3) is 4.92. The first-order valence-corrected chi connectivity index (χ1v) is 11.1. The Kier molecular flexibility index (Phi) is 6.71. The number of aromatic nitrogens is 1. The van der Waals surface area contributed by atoms with Gasteiger partial charge in [0.2, 0.25) is 5.91 Å². The Hall–Kier alpha value is -3.38. The van der Waals surface area contributed by atoms with E-state index in [1.54, 1.807) is 24.7 Å². The number of allylic oxidation sites excluding steroid dienone is 1. The zero-order valence-electron chi connectivity index (χ0n) is 17.9. The zero-order valence-corrected chi connectivity index (χ0v) is 19.5. The van der Waals surface area contributed by atoms with E-state index in [2.05, 4.69) is 32.3 Å². The quantitative estimate of drug-likeness (QED) is 0.305. The number of hydrogen-bond donors (Lipinski definition) is 1. The van der Waals surface area contributed by atoms with E-state index < -0.39 is 0 Å². The number of rotatable bonds is 7. The van der Waals surface area contributed by atoms with Crippen molar-refractivity contribution in [3.63, 3.8) is 0 Å². The van der Waals surface area contributed by atoms with Gasteiger partial charge < -0.3 is 14.5 Å². The van der Waals surface area contributed by atoms with Gasteiger partial charge in [0.1, 0.15) is 11.3 Å². The molecule has 6 heteroatoms. The molecule has 4 rings (SSSR count). The molecule has 0 aliphatic rings. The Labute approximate surface area is 195 Å². The fourth-order valence-electron chi connectivity index (χ4n) is 3.53. The number of carbonyl (C=O) groups excluding carboxylic acids is 1. The van der Waals surface area contributed by atoms with Gasteiger partial charge >= 0.3 is 0 Å². The van der Waals surface area contributed by atoms with Gasteiger partial charge in [-0.2, -0.15) is 0 Å². The van der Waals surface area contributed by atoms with E-state index in [-0.39, 0.29) is 5.91 Å². The number of amides is 1. The lowest BCUT2D eigenvalue weighted by atomic mass is 9.99. The predicted octanol–water partition coefficient (Wildman–Crippen LogP) is 6.38. The van der Waals surface area contributed by atoms with Crippen LogP contribution in [0.2, 0.25) is 0 Å². The first-order chi connectivity index (χ1) is 15.5. The lowest BCUT2D eigenvalue weighted by Crippen LogP contribution is -2.20. The first kappa shape index (κ1) is 21.8. The van der Waals surface area contributed by atoms with E-state index in [4.69, 9.17) is 9.15 Å². The molecular formula is C26H23BrN2O3. The third-order valence-corrected chi connectivity index (χ3v) is 5.59. The van der Waals surface area contributed by atoms with Crippen LogP contribution in [-0.4, -0.2) is 17.5 Å². The summed E-state index contributed by atoms with van der Waals surface area (Å²) in [4.78, 5) is 16.5. The van der Waals surface area contributed by atoms with E-state index in [0.717, 1.165) is 43.3 Å². The molecule has 2 aromatic carbocycles. The van der Waals surface area contributed by atoms with Crippen molar-refractivity contribution >= 4 is 38.4 Å². The average Bonchev–Trinajstić information content (AvgIpc) is 3.21. The predicted molar refractivity (Wildman–Crippen MR) is 130 cm³/mol. The Bertz CT molecular complexity index is 1280. The minimum absolute atomic E-state index is 0.165. The molecule has 0 atom stereocenters. The summed E-state index contributed by atoms with van der Waals surface area (Å²) in [5.74, 6) is 0.520. The average molecular weight is 491 g/mol. The minimum Gasteiger partial charge on any atom is -0.493 e. The van der Waals surface area contributed by atoms with E-state index in [1.165, 1.54) is 0 Å². The largest absolute Gasteiger partial charge is 0.493 e. The smallest absolute Gasteiger partial charge is 0.244 e. The molecule has 0 bridgehead atoms. The van der Waals surface area contributed by atoms with Gasteiger partial charge in [-0.05, 0) is 60.9 Å². The zero-order chi connectivity index (χ0) is 22.5. The Morgan fingerprint density at radius 3 is 2.75 bits per heavy atom. The van der Waals surface area contributed by atoms with Crippen LogP contribution in [0.3, 0.4) is 0 Å². The van der Waals surface area contributed by atoms with Crippen molar-refractivity contribution in [2.75, 3.05) is 6.61 Å². The molecule has 1 N–H and O–H groups in total. The summed E-state index contributed by atoms with van der Waals surface area (Å²) >= 11 is 3.53. The second-order valence-electron chi connectivity index (χ2n) is 7.34. The number of pyridine rings is 1. The number of hydrogen-bond acceptors (Lipinski definition) is 4. The van der Waals surface area contributed by atoms with Gasteiger partial charge in [-0.3, -0.25) is 9.78 Å². The van der Waals surface area contributed by atoms with Crippen LogP contribution in [0.25, 0.3) is 27.7 Å². The second-order valence-corrected chi connectivity index (χ2v) is 8.25. The van der Waals surface area contributed by atoms with Crippen molar-refractivity contribution in [1.29, 1.82) is 0 Å². The second kappa shape index (κ2) is 9.83. The topological polar surface area (TPSA) is 64.4 Å². The Balaban J connectivity index is 1.67. The molecule has 0 saturated carbocycles. The molecule has 162 valence electrons. The fourth-order valence-corrected chi connectivity index (χ4v) is 3.93. The number of carbonyl (C=O) groups is 1. The molecular weight excluding hydrogens is 468 g/mol. The van der Waals surface area contributed by atoms with Gasteiger partial charge in [0.25, 0.3) is 0 Å². The number of fused-ring (bicyclic) bond motifs is 1. The van der Waals surface area contributed by atoms with Crippen LogP contribution in [-0.2, 0) is 11.3 Å². The van der Waals surface area contributed by atoms with E-state index >= 15 is 0 Å². The van der Waals surface area contributed by atoms with Crippen LogP contribution in [0.5, 0.6) is 5.75 Å². The summed E-state index contributed by atoms with van der Waals surface area (Å²) < 4.78 is 12.7. The standard InChI is InChI=1S/C26H23BrN2O3/c1-3-31-24-14-25-22(23(16-32-25)19-5-4-6-20(27)12-19)13-21(24)17(2)11-26(30)29-15-18-7-9-28-10-8-18/h4-14,16H,3,15H2,1-2H3,(H,29,30)/b17-11+. The highest BCUT2D eigenvalue weighted by Gasteiger charge is 2.15. The van der Waals surface area contributed by atoms with E-state index in [0.29, 0.717) is 18.9 Å². The molecule has 0 unspecified atom stereocenters. The number of ether oxygens (including phenoxy) is 1. The van der Waals surface area contributed by atoms with Crippen molar-refractivity contribution in [2.45, 2.75) is 20.4 Å². The summed E-state index contributed by atoms with van der Waals surface area (Å²) in [5, 5.41) is 3.88. The van der Waals surface area contributed by atoms with Crippen LogP contribution in [0, 0.1) is 0 Å². The summed E-state index contributed by atoms with van der Waals surface area (Å²) in [6.45, 7) is 4.80. The fraction of sp³-hybridized carbons (Fsp3) is 0.154. The van der Waals surface area contributed by atoms with E-state index in [9.17, 15) is 4.79 Å². The van der Waals surface area contributed by atoms with Crippen molar-refractivity contribution in [2.24, 2.45) is 0 Å². The monoisotopic (exact) mass is 490 g/mol. The number of furan rings is 1. The molecule has 1 amide bonds. The molecule has 0 spiro atoms. The number of nitrogens with zero attached hydrogens (tertiary/aromatic N) is 1. The molecule has 0 saturated heterocycles. The molecule has 0 radical (unpaired) electrons. The Morgan fingerprint density at radius 1 is 1.19 bits per heavy atom. The highest BCUT2D eigenvalue weighted by atomic mass is 79.9. The van der Waals surface area contributed by atoms with E-state index in [1.807, 2.05) is 56.3 Å². The molecule has 2 heterocycles. The number of nitrogens with one attached hydrogen (secondary N) is 1. The lowest BCUT2D eigenvalue weighted by Gasteiger charge is -2.12. The molecule has 0 fully saturated rings. The van der Waals surface area contributed by atoms with Crippen LogP contribution < -0.4 is 10.1 Å². The Morgan fingerprint density at radius 2 is 2.00 bits per heavy atom. The van der Waals surface area contributed by atoms with Gasteiger partial charge in [-0.25, -0.2) is 0 Å². The highest BCUT2D eigenvalue weighted by Crippen LogP contribution is 2.38. The summed E-state index contributed by atoms with van der Waals surface area (Å²) in [6.07, 6.45) is 6.77. The van der Waals surface area contributed by atoms with Crippen molar-refractivity contribution in [3.8, 4) is 16.9 Å². The van der Waals surface area contributed by atoms with Crippen LogP contribution in [0.4, 0.5) is 0 Å². The molecule has 2 aromatic heterocycles. The third-order valence-electron chi connectivity index (χ3n) is 5.10. The maximum Gasteiger partial charge on any atom is 0.244 e. The summed E-state index contributed by atoms with van der Waals surface area (Å²) in [5.41, 5.74) is 5.43. The van der Waals surface area contributed by atoms with Gasteiger partial charge in [-0.15, -0.1) is 0 Å². The summed E-state index contributed by atoms with van der Waals surface area (Å²) in [6, 6.07) is 15.7. The molecule has 0 aliphatic carbocycles. The lowest BCUT2D eigenvalue weighted by molar-refractivity contribution is -0.116. The van der Waals surface area contributed by atoms with Crippen molar-refractivity contribution in [1.82, 2.24) is 10.3 Å². The van der Waals surface area contributed by atoms with Gasteiger partial charge in [-0.1, -0.05) is 28.1 Å². The van der Waals surface area contributed by atoms with Crippen molar-refractivity contribution < 1.29 is 13.9 Å². The summed E-state index contributed by atoms with van der Waals surface area (Å²) in [7, 11) is 0. The maximum absolute atomic E-state index is 12.5. The van der Waals surface area contributed by atoms with Crippen molar-refractivity contribution in [3.05, 3.63) is 88.9 Å². The molecule has 32 heavy (non-hydrogen) atoms. The molecule has 0 aliphatic heterocycles. The number of halogens is 1. The van der Waals surface area contributed by atoms with Gasteiger partial charge in [0.05, 0.1) is 12.9 Å². The van der Waals surface area contributed by atoms with Crippen LogP contribution in [0.15, 0.2) is 82.2 Å². The van der Waals surface area contributed by atoms with Gasteiger partial charge in [0, 0.05) is 52.1 Å². The minimum atomic E-state index is -0.165. The SMILES string of the molecule is CCOc1cc2occ(-c3cccc(Br)c3)c2cc1/C(C)=C/C(=O)NCc1ccncc1.